The lowest BCUT2D eigenvalue weighted by Gasteiger charge is -2.17. The molecule has 0 aromatic heterocycles. The van der Waals surface area contributed by atoms with Crippen LogP contribution in [-0.4, -0.2) is 20.7 Å². The molecular formula is C16H20N2O2S. The molecule has 0 radical (unpaired) electrons. The minimum absolute atomic E-state index is 0.0284. The van der Waals surface area contributed by atoms with E-state index in [4.69, 9.17) is 5.73 Å². The number of rotatable bonds is 7. The van der Waals surface area contributed by atoms with Crippen LogP contribution in [0.1, 0.15) is 18.0 Å². The van der Waals surface area contributed by atoms with Crippen LogP contribution in [0.15, 0.2) is 55.1 Å². The summed E-state index contributed by atoms with van der Waals surface area (Å²) >= 11 is 0. The van der Waals surface area contributed by atoms with Crippen LogP contribution in [0.5, 0.6) is 0 Å². The summed E-state index contributed by atoms with van der Waals surface area (Å²) < 4.78 is 26.6. The summed E-state index contributed by atoms with van der Waals surface area (Å²) in [7, 11) is -3.36. The highest BCUT2D eigenvalue weighted by Gasteiger charge is 2.17. The van der Waals surface area contributed by atoms with Crippen molar-refractivity contribution in [1.29, 1.82) is 0 Å². The number of hydrogen-bond donors (Lipinski definition) is 2. The number of nitrogens with two attached hydrogens (primary N) is 1. The molecule has 0 aliphatic carbocycles. The third-order valence-electron chi connectivity index (χ3n) is 3.32. The van der Waals surface area contributed by atoms with Crippen molar-refractivity contribution in [2.24, 2.45) is 5.73 Å². The standard InChI is InChI=1S/C16H20N2O2S/c1-2-3-10-21(19,20)18-16(12-17)15-9-8-13-6-4-5-7-14(13)11-15/h2,4-9,11,16,18H,1,3,10,12,17H2. The van der Waals surface area contributed by atoms with Gasteiger partial charge in [0, 0.05) is 6.54 Å². The minimum atomic E-state index is -3.36. The molecule has 2 rings (SSSR count). The molecule has 1 atom stereocenters. The molecule has 0 saturated carbocycles. The molecule has 0 aliphatic rings. The maximum atomic E-state index is 12.0. The lowest BCUT2D eigenvalue weighted by Crippen LogP contribution is -2.34. The van der Waals surface area contributed by atoms with E-state index in [0.717, 1.165) is 16.3 Å². The molecule has 2 aromatic carbocycles. The fourth-order valence-electron chi connectivity index (χ4n) is 2.19. The molecule has 0 heterocycles. The second kappa shape index (κ2) is 6.85. The topological polar surface area (TPSA) is 72.2 Å². The number of fused-ring (bicyclic) bond motifs is 1. The maximum Gasteiger partial charge on any atom is 0.212 e. The lowest BCUT2D eigenvalue weighted by molar-refractivity contribution is 0.558. The van der Waals surface area contributed by atoms with Crippen LogP contribution in [0.2, 0.25) is 0 Å². The van der Waals surface area contributed by atoms with Crippen LogP contribution >= 0.6 is 0 Å². The molecule has 0 bridgehead atoms. The van der Waals surface area contributed by atoms with Crippen molar-refractivity contribution >= 4 is 20.8 Å². The van der Waals surface area contributed by atoms with Gasteiger partial charge in [-0.25, -0.2) is 13.1 Å². The van der Waals surface area contributed by atoms with Crippen LogP contribution < -0.4 is 10.5 Å². The molecule has 21 heavy (non-hydrogen) atoms. The zero-order chi connectivity index (χ0) is 15.3. The fraction of sp³-hybridized carbons (Fsp3) is 0.250. The summed E-state index contributed by atoms with van der Waals surface area (Å²) in [6.45, 7) is 3.75. The molecule has 0 aliphatic heterocycles. The Morgan fingerprint density at radius 2 is 1.90 bits per heavy atom. The summed E-state index contributed by atoms with van der Waals surface area (Å²) in [5, 5.41) is 2.19. The van der Waals surface area contributed by atoms with Crippen molar-refractivity contribution in [1.82, 2.24) is 4.72 Å². The largest absolute Gasteiger partial charge is 0.329 e. The third kappa shape index (κ3) is 4.14. The number of nitrogens with one attached hydrogen (secondary N) is 1. The Bertz CT molecular complexity index is 726. The Hall–Kier alpha value is -1.69. The molecule has 1 unspecified atom stereocenters. The van der Waals surface area contributed by atoms with Crippen molar-refractivity contribution in [3.05, 3.63) is 60.7 Å². The van der Waals surface area contributed by atoms with Crippen molar-refractivity contribution in [2.45, 2.75) is 12.5 Å². The Balaban J connectivity index is 2.25. The van der Waals surface area contributed by atoms with Crippen LogP contribution in [0, 0.1) is 0 Å². The maximum absolute atomic E-state index is 12.0. The van der Waals surface area contributed by atoms with E-state index in [2.05, 4.69) is 11.3 Å². The van der Waals surface area contributed by atoms with Crippen LogP contribution in [-0.2, 0) is 10.0 Å². The molecule has 0 saturated heterocycles. The summed E-state index contributed by atoms with van der Waals surface area (Å²) in [4.78, 5) is 0. The van der Waals surface area contributed by atoms with Gasteiger partial charge in [-0.05, 0) is 28.8 Å². The van der Waals surface area contributed by atoms with Gasteiger partial charge >= 0.3 is 0 Å². The van der Waals surface area contributed by atoms with Gasteiger partial charge in [0.25, 0.3) is 0 Å². The smallest absolute Gasteiger partial charge is 0.212 e. The third-order valence-corrected chi connectivity index (χ3v) is 4.74. The molecule has 2 aromatic rings. The lowest BCUT2D eigenvalue weighted by atomic mass is 10.0. The first-order valence-corrected chi connectivity index (χ1v) is 8.50. The van der Waals surface area contributed by atoms with E-state index < -0.39 is 16.1 Å². The van der Waals surface area contributed by atoms with E-state index >= 15 is 0 Å². The van der Waals surface area contributed by atoms with Crippen LogP contribution in [0.3, 0.4) is 0 Å². The normalized spacial score (nSPS) is 13.2. The van der Waals surface area contributed by atoms with E-state index in [0.29, 0.717) is 6.42 Å². The van der Waals surface area contributed by atoms with Gasteiger partial charge in [0.1, 0.15) is 0 Å². The molecule has 5 heteroatoms. The highest BCUT2D eigenvalue weighted by molar-refractivity contribution is 7.89. The predicted molar refractivity (Wildman–Crippen MR) is 87.5 cm³/mol. The first kappa shape index (κ1) is 15.7. The van der Waals surface area contributed by atoms with Crippen molar-refractivity contribution in [3.63, 3.8) is 0 Å². The monoisotopic (exact) mass is 304 g/mol. The molecule has 0 spiro atoms. The Morgan fingerprint density at radius 1 is 1.19 bits per heavy atom. The number of benzene rings is 2. The fourth-order valence-corrected chi connectivity index (χ4v) is 3.45. The molecule has 0 fully saturated rings. The molecular weight excluding hydrogens is 284 g/mol. The van der Waals surface area contributed by atoms with Gasteiger partial charge in [0.15, 0.2) is 0 Å². The van der Waals surface area contributed by atoms with Gasteiger partial charge < -0.3 is 5.73 Å². The average molecular weight is 304 g/mol. The van der Waals surface area contributed by atoms with Gasteiger partial charge in [-0.1, -0.05) is 42.5 Å². The summed E-state index contributed by atoms with van der Waals surface area (Å²) in [5.41, 5.74) is 6.61. The molecule has 112 valence electrons. The first-order chi connectivity index (χ1) is 10.1. The van der Waals surface area contributed by atoms with E-state index in [-0.39, 0.29) is 12.3 Å². The van der Waals surface area contributed by atoms with Crippen molar-refractivity contribution in [2.75, 3.05) is 12.3 Å². The predicted octanol–water partition coefficient (Wildman–Crippen LogP) is 2.34. The summed E-state index contributed by atoms with van der Waals surface area (Å²) in [5.74, 6) is 0.0284. The SMILES string of the molecule is C=CCCS(=O)(=O)NC(CN)c1ccc2ccccc2c1. The summed E-state index contributed by atoms with van der Waals surface area (Å²) in [6, 6.07) is 13.4. The second-order valence-electron chi connectivity index (χ2n) is 4.91. The highest BCUT2D eigenvalue weighted by atomic mass is 32.2. The number of hydrogen-bond acceptors (Lipinski definition) is 3. The zero-order valence-electron chi connectivity index (χ0n) is 11.8. The van der Waals surface area contributed by atoms with Gasteiger partial charge in [0.2, 0.25) is 10.0 Å². The van der Waals surface area contributed by atoms with E-state index in [9.17, 15) is 8.42 Å². The van der Waals surface area contributed by atoms with Crippen LogP contribution in [0.4, 0.5) is 0 Å². The Labute approximate surface area is 125 Å². The molecule has 0 amide bonds. The first-order valence-electron chi connectivity index (χ1n) is 6.85. The van der Waals surface area contributed by atoms with E-state index in [1.54, 1.807) is 6.08 Å². The number of allylic oxidation sites excluding steroid dienone is 1. The van der Waals surface area contributed by atoms with Gasteiger partial charge in [0.05, 0.1) is 11.8 Å². The van der Waals surface area contributed by atoms with E-state index in [1.165, 1.54) is 0 Å². The highest BCUT2D eigenvalue weighted by Crippen LogP contribution is 2.20. The average Bonchev–Trinajstić information content (AvgIpc) is 2.50. The Morgan fingerprint density at radius 3 is 2.57 bits per heavy atom. The summed E-state index contributed by atoms with van der Waals surface area (Å²) in [6.07, 6.45) is 2.01. The van der Waals surface area contributed by atoms with Crippen molar-refractivity contribution in [3.8, 4) is 0 Å². The minimum Gasteiger partial charge on any atom is -0.329 e. The van der Waals surface area contributed by atoms with Gasteiger partial charge in [-0.3, -0.25) is 0 Å². The molecule has 3 N–H and O–H groups in total. The Kier molecular flexibility index (Phi) is 5.12. The number of sulfonamides is 1. The quantitative estimate of drug-likeness (QED) is 0.771. The second-order valence-corrected chi connectivity index (χ2v) is 6.78. The van der Waals surface area contributed by atoms with Gasteiger partial charge in [-0.2, -0.15) is 0 Å². The zero-order valence-corrected chi connectivity index (χ0v) is 12.6. The van der Waals surface area contributed by atoms with Gasteiger partial charge in [-0.15, -0.1) is 6.58 Å². The van der Waals surface area contributed by atoms with E-state index in [1.807, 2.05) is 42.5 Å². The molecule has 4 nitrogen and oxygen atoms in total. The van der Waals surface area contributed by atoms with Crippen molar-refractivity contribution < 1.29 is 8.42 Å². The van der Waals surface area contributed by atoms with Crippen LogP contribution in [0.25, 0.3) is 10.8 Å².